The van der Waals surface area contributed by atoms with Gasteiger partial charge >= 0.3 is 0 Å². The van der Waals surface area contributed by atoms with Gasteiger partial charge in [0.25, 0.3) is 0 Å². The lowest BCUT2D eigenvalue weighted by molar-refractivity contribution is 0.243. The van der Waals surface area contributed by atoms with E-state index in [1.165, 1.54) is 23.8 Å². The minimum atomic E-state index is 1.07. The third kappa shape index (κ3) is 3.26. The van der Waals surface area contributed by atoms with E-state index in [-0.39, 0.29) is 0 Å². The lowest BCUT2D eigenvalue weighted by Gasteiger charge is -2.26. The van der Waals surface area contributed by atoms with Crippen LogP contribution in [0.2, 0.25) is 0 Å². The predicted octanol–water partition coefficient (Wildman–Crippen LogP) is 1.15. The van der Waals surface area contributed by atoms with Crippen LogP contribution in [0, 0.1) is 0 Å². The highest BCUT2D eigenvalue weighted by Crippen LogP contribution is 2.11. The van der Waals surface area contributed by atoms with E-state index in [0.717, 1.165) is 32.5 Å². The van der Waals surface area contributed by atoms with Crippen molar-refractivity contribution in [2.45, 2.75) is 19.8 Å². The van der Waals surface area contributed by atoms with E-state index in [1.807, 2.05) is 0 Å². The molecule has 1 aromatic heterocycles. The first-order valence-electron chi connectivity index (χ1n) is 5.75. The summed E-state index contributed by atoms with van der Waals surface area (Å²) in [6.45, 7) is 7.97. The number of piperazine rings is 1. The molecule has 0 amide bonds. The van der Waals surface area contributed by atoms with Crippen molar-refractivity contribution in [3.8, 4) is 0 Å². The number of nitrogens with zero attached hydrogens (tertiary/aromatic N) is 2. The van der Waals surface area contributed by atoms with Crippen molar-refractivity contribution in [3.05, 3.63) is 16.1 Å². The molecule has 2 rings (SSSR count). The summed E-state index contributed by atoms with van der Waals surface area (Å²) in [7, 11) is 0. The van der Waals surface area contributed by atoms with Crippen molar-refractivity contribution >= 4 is 11.3 Å². The van der Waals surface area contributed by atoms with E-state index in [2.05, 4.69) is 27.5 Å². The van der Waals surface area contributed by atoms with Crippen LogP contribution in [-0.4, -0.2) is 42.6 Å². The highest BCUT2D eigenvalue weighted by Gasteiger charge is 2.09. The van der Waals surface area contributed by atoms with Crippen LogP contribution < -0.4 is 5.32 Å². The van der Waals surface area contributed by atoms with Crippen molar-refractivity contribution in [1.29, 1.82) is 0 Å². The van der Waals surface area contributed by atoms with Crippen LogP contribution in [0.15, 0.2) is 5.38 Å². The van der Waals surface area contributed by atoms with Crippen LogP contribution in [0.25, 0.3) is 0 Å². The smallest absolute Gasteiger partial charge is 0.0925 e. The maximum absolute atomic E-state index is 4.59. The number of aromatic nitrogens is 1. The average molecular weight is 225 g/mol. The minimum Gasteiger partial charge on any atom is -0.314 e. The van der Waals surface area contributed by atoms with Crippen molar-refractivity contribution < 1.29 is 0 Å². The van der Waals surface area contributed by atoms with Gasteiger partial charge in [0, 0.05) is 44.5 Å². The molecule has 3 nitrogen and oxygen atoms in total. The summed E-state index contributed by atoms with van der Waals surface area (Å²) in [6, 6.07) is 0. The van der Waals surface area contributed by atoms with Gasteiger partial charge in [0.1, 0.15) is 0 Å². The molecule has 84 valence electrons. The van der Waals surface area contributed by atoms with E-state index in [4.69, 9.17) is 0 Å². The van der Waals surface area contributed by atoms with Gasteiger partial charge in [-0.15, -0.1) is 11.3 Å². The summed E-state index contributed by atoms with van der Waals surface area (Å²) < 4.78 is 0. The maximum Gasteiger partial charge on any atom is 0.0925 e. The van der Waals surface area contributed by atoms with Gasteiger partial charge in [-0.25, -0.2) is 4.98 Å². The molecule has 0 aromatic carbocycles. The minimum absolute atomic E-state index is 1.07. The van der Waals surface area contributed by atoms with Gasteiger partial charge in [-0.05, 0) is 6.42 Å². The fourth-order valence-electron chi connectivity index (χ4n) is 1.83. The van der Waals surface area contributed by atoms with E-state index >= 15 is 0 Å². The number of nitrogens with one attached hydrogen (secondary N) is 1. The summed E-state index contributed by atoms with van der Waals surface area (Å²) in [5.41, 5.74) is 1.27. The fraction of sp³-hybridized carbons (Fsp3) is 0.727. The van der Waals surface area contributed by atoms with Crippen molar-refractivity contribution in [2.24, 2.45) is 0 Å². The Morgan fingerprint density at radius 1 is 1.47 bits per heavy atom. The standard InChI is InChI=1S/C11H19N3S/c1-2-11-13-10(9-15-11)3-6-14-7-4-12-5-8-14/h9,12H,2-8H2,1H3. The SMILES string of the molecule is CCc1nc(CCN2CCNCC2)cs1. The molecule has 2 heterocycles. The molecule has 0 atom stereocenters. The molecule has 1 fully saturated rings. The summed E-state index contributed by atoms with van der Waals surface area (Å²) in [6.07, 6.45) is 2.18. The number of rotatable bonds is 4. The Balaban J connectivity index is 1.76. The molecule has 1 aromatic rings. The number of thiazole rings is 1. The lowest BCUT2D eigenvalue weighted by atomic mass is 10.3. The summed E-state index contributed by atoms with van der Waals surface area (Å²) in [5.74, 6) is 0. The van der Waals surface area contributed by atoms with Crippen molar-refractivity contribution in [3.63, 3.8) is 0 Å². The topological polar surface area (TPSA) is 28.2 Å². The average Bonchev–Trinajstić information content (AvgIpc) is 2.76. The lowest BCUT2D eigenvalue weighted by Crippen LogP contribution is -2.44. The molecule has 0 spiro atoms. The van der Waals surface area contributed by atoms with E-state index in [0.29, 0.717) is 0 Å². The number of hydrogen-bond donors (Lipinski definition) is 1. The Morgan fingerprint density at radius 2 is 2.27 bits per heavy atom. The zero-order valence-corrected chi connectivity index (χ0v) is 10.1. The van der Waals surface area contributed by atoms with E-state index in [9.17, 15) is 0 Å². The predicted molar refractivity (Wildman–Crippen MR) is 64.5 cm³/mol. The van der Waals surface area contributed by atoms with Gasteiger partial charge in [0.15, 0.2) is 0 Å². The Labute approximate surface area is 95.5 Å². The van der Waals surface area contributed by atoms with Crippen LogP contribution in [0.5, 0.6) is 0 Å². The van der Waals surface area contributed by atoms with E-state index in [1.54, 1.807) is 11.3 Å². The molecule has 0 bridgehead atoms. The molecule has 15 heavy (non-hydrogen) atoms. The summed E-state index contributed by atoms with van der Waals surface area (Å²) >= 11 is 1.79. The van der Waals surface area contributed by atoms with Crippen LogP contribution in [-0.2, 0) is 12.8 Å². The first kappa shape index (κ1) is 11.0. The third-order valence-corrected chi connectivity index (χ3v) is 3.84. The van der Waals surface area contributed by atoms with Crippen LogP contribution >= 0.6 is 11.3 Å². The summed E-state index contributed by atoms with van der Waals surface area (Å²) in [4.78, 5) is 7.10. The molecule has 4 heteroatoms. The zero-order chi connectivity index (χ0) is 10.5. The van der Waals surface area contributed by atoms with Crippen LogP contribution in [0.4, 0.5) is 0 Å². The molecule has 0 saturated carbocycles. The second-order valence-electron chi connectivity index (χ2n) is 3.93. The van der Waals surface area contributed by atoms with Gasteiger partial charge in [-0.1, -0.05) is 6.92 Å². The van der Waals surface area contributed by atoms with Gasteiger partial charge in [-0.2, -0.15) is 0 Å². The van der Waals surface area contributed by atoms with Gasteiger partial charge in [-0.3, -0.25) is 0 Å². The van der Waals surface area contributed by atoms with Crippen molar-refractivity contribution in [1.82, 2.24) is 15.2 Å². The molecular weight excluding hydrogens is 206 g/mol. The van der Waals surface area contributed by atoms with Crippen LogP contribution in [0.1, 0.15) is 17.6 Å². The molecule has 1 aliphatic rings. The van der Waals surface area contributed by atoms with Gasteiger partial charge in [0.05, 0.1) is 10.7 Å². The molecule has 0 unspecified atom stereocenters. The van der Waals surface area contributed by atoms with Crippen LogP contribution in [0.3, 0.4) is 0 Å². The molecule has 0 radical (unpaired) electrons. The maximum atomic E-state index is 4.59. The zero-order valence-electron chi connectivity index (χ0n) is 9.33. The molecule has 1 aliphatic heterocycles. The number of aryl methyl sites for hydroxylation is 1. The third-order valence-electron chi connectivity index (χ3n) is 2.80. The molecular formula is C11H19N3S. The Kier molecular flexibility index (Phi) is 4.11. The van der Waals surface area contributed by atoms with Gasteiger partial charge < -0.3 is 10.2 Å². The summed E-state index contributed by atoms with van der Waals surface area (Å²) in [5, 5.41) is 6.85. The first-order valence-corrected chi connectivity index (χ1v) is 6.63. The second kappa shape index (κ2) is 5.58. The number of hydrogen-bond acceptors (Lipinski definition) is 4. The fourth-order valence-corrected chi connectivity index (χ4v) is 2.61. The Hall–Kier alpha value is -0.450. The monoisotopic (exact) mass is 225 g/mol. The largest absolute Gasteiger partial charge is 0.314 e. The first-order chi connectivity index (χ1) is 7.38. The quantitative estimate of drug-likeness (QED) is 0.833. The highest BCUT2D eigenvalue weighted by molar-refractivity contribution is 7.09. The molecule has 1 N–H and O–H groups in total. The molecule has 1 saturated heterocycles. The van der Waals surface area contributed by atoms with E-state index < -0.39 is 0 Å². The second-order valence-corrected chi connectivity index (χ2v) is 4.87. The molecule has 0 aliphatic carbocycles. The normalized spacial score (nSPS) is 18.2. The highest BCUT2D eigenvalue weighted by atomic mass is 32.1. The van der Waals surface area contributed by atoms with Gasteiger partial charge in [0.2, 0.25) is 0 Å². The van der Waals surface area contributed by atoms with Crippen molar-refractivity contribution in [2.75, 3.05) is 32.7 Å². The Morgan fingerprint density at radius 3 is 2.93 bits per heavy atom. The Bertz CT molecular complexity index is 292.